The van der Waals surface area contributed by atoms with Crippen LogP contribution in [0.15, 0.2) is 34.4 Å². The van der Waals surface area contributed by atoms with E-state index in [1.54, 1.807) is 6.08 Å². The van der Waals surface area contributed by atoms with E-state index in [2.05, 4.69) is 26.6 Å². The Bertz CT molecular complexity index is 870. The van der Waals surface area contributed by atoms with E-state index in [0.29, 0.717) is 5.02 Å². The molecule has 0 unspecified atom stereocenters. The van der Waals surface area contributed by atoms with E-state index in [0.717, 1.165) is 27.1 Å². The number of nitrogens with one attached hydrogen (secondary N) is 2. The fourth-order valence-corrected chi connectivity index (χ4v) is 3.01. The smallest absolute Gasteiger partial charge is 0.318 e. The van der Waals surface area contributed by atoms with Crippen LogP contribution in [-0.4, -0.2) is 16.5 Å². The molecule has 3 rings (SSSR count). The van der Waals surface area contributed by atoms with E-state index in [9.17, 15) is 9.59 Å². The third-order valence-corrected chi connectivity index (χ3v) is 4.88. The van der Waals surface area contributed by atoms with E-state index in [-0.39, 0.29) is 5.70 Å². The molecule has 0 bridgehead atoms. The summed E-state index contributed by atoms with van der Waals surface area (Å²) in [5, 5.41) is 5.30. The minimum atomic E-state index is -0.505. The number of urea groups is 1. The molecule has 2 aromatic rings. The van der Waals surface area contributed by atoms with Gasteiger partial charge in [-0.25, -0.2) is 4.79 Å². The van der Waals surface area contributed by atoms with Gasteiger partial charge in [-0.1, -0.05) is 11.6 Å². The maximum Gasteiger partial charge on any atom is 0.326 e. The van der Waals surface area contributed by atoms with Crippen molar-refractivity contribution in [2.24, 2.45) is 0 Å². The van der Waals surface area contributed by atoms with Gasteiger partial charge in [0.25, 0.3) is 5.91 Å². The van der Waals surface area contributed by atoms with Crippen LogP contribution in [-0.2, 0) is 4.79 Å². The zero-order chi connectivity index (χ0) is 16.7. The number of hydrogen-bond donors (Lipinski definition) is 2. The van der Waals surface area contributed by atoms with E-state index in [1.807, 2.05) is 42.7 Å². The summed E-state index contributed by atoms with van der Waals surface area (Å²) in [6.07, 6.45) is 1.67. The Morgan fingerprint density at radius 3 is 2.52 bits per heavy atom. The van der Waals surface area contributed by atoms with Crippen LogP contribution < -0.4 is 10.6 Å². The van der Waals surface area contributed by atoms with Gasteiger partial charge in [-0.3, -0.25) is 10.1 Å². The lowest BCUT2D eigenvalue weighted by Crippen LogP contribution is -2.22. The maximum absolute atomic E-state index is 11.7. The van der Waals surface area contributed by atoms with Crippen molar-refractivity contribution in [3.05, 3.63) is 56.4 Å². The minimum Gasteiger partial charge on any atom is -0.318 e. The molecule has 1 aliphatic rings. The Balaban J connectivity index is 2.06. The third kappa shape index (κ3) is 2.92. The molecule has 1 aromatic heterocycles. The summed E-state index contributed by atoms with van der Waals surface area (Å²) in [6.45, 7) is 3.92. The highest BCUT2D eigenvalue weighted by atomic mass is 79.9. The number of hydrogen-bond acceptors (Lipinski definition) is 2. The van der Waals surface area contributed by atoms with Crippen LogP contribution in [0.4, 0.5) is 4.79 Å². The van der Waals surface area contributed by atoms with Crippen molar-refractivity contribution in [2.75, 3.05) is 0 Å². The van der Waals surface area contributed by atoms with Crippen molar-refractivity contribution >= 4 is 45.5 Å². The lowest BCUT2D eigenvalue weighted by molar-refractivity contribution is -0.115. The van der Waals surface area contributed by atoms with Crippen molar-refractivity contribution in [1.82, 2.24) is 15.2 Å². The SMILES string of the molecule is Cc1cc(/C=C2/NC(=O)NC2=O)c(C)n1-c1ccc(Br)c(Cl)c1. The Labute approximate surface area is 146 Å². The number of carbonyl (C=O) groups excluding carboxylic acids is 2. The Hall–Kier alpha value is -2.05. The summed E-state index contributed by atoms with van der Waals surface area (Å²) in [7, 11) is 0. The van der Waals surface area contributed by atoms with Crippen LogP contribution in [0.5, 0.6) is 0 Å². The molecule has 118 valence electrons. The molecule has 23 heavy (non-hydrogen) atoms. The van der Waals surface area contributed by atoms with Gasteiger partial charge >= 0.3 is 6.03 Å². The molecule has 5 nitrogen and oxygen atoms in total. The van der Waals surface area contributed by atoms with Crippen LogP contribution in [0.1, 0.15) is 17.0 Å². The molecule has 0 atom stereocenters. The average molecular weight is 395 g/mol. The van der Waals surface area contributed by atoms with Crippen molar-refractivity contribution in [1.29, 1.82) is 0 Å². The molecular formula is C16H13BrClN3O2. The summed E-state index contributed by atoms with van der Waals surface area (Å²) in [6, 6.07) is 7.16. The van der Waals surface area contributed by atoms with E-state index in [1.165, 1.54) is 0 Å². The second kappa shape index (κ2) is 5.86. The van der Waals surface area contributed by atoms with Crippen LogP contribution in [0.2, 0.25) is 5.02 Å². The fourth-order valence-electron chi connectivity index (χ4n) is 2.59. The first-order valence-corrected chi connectivity index (χ1v) is 8.02. The van der Waals surface area contributed by atoms with Gasteiger partial charge in [0.05, 0.1) is 5.02 Å². The quantitative estimate of drug-likeness (QED) is 0.603. The normalized spacial score (nSPS) is 15.9. The summed E-state index contributed by atoms with van der Waals surface area (Å²) >= 11 is 9.55. The summed E-state index contributed by atoms with van der Waals surface area (Å²) < 4.78 is 2.87. The largest absolute Gasteiger partial charge is 0.326 e. The highest BCUT2D eigenvalue weighted by Gasteiger charge is 2.23. The Kier molecular flexibility index (Phi) is 4.04. The highest BCUT2D eigenvalue weighted by Crippen LogP contribution is 2.28. The topological polar surface area (TPSA) is 63.1 Å². The molecule has 1 aromatic carbocycles. The number of aromatic nitrogens is 1. The predicted molar refractivity (Wildman–Crippen MR) is 92.6 cm³/mol. The molecule has 3 amide bonds. The highest BCUT2D eigenvalue weighted by molar-refractivity contribution is 9.10. The first-order valence-electron chi connectivity index (χ1n) is 6.85. The summed E-state index contributed by atoms with van der Waals surface area (Å²) in [4.78, 5) is 22.8. The van der Waals surface area contributed by atoms with Crippen LogP contribution >= 0.6 is 27.5 Å². The number of halogens is 2. The standard InChI is InChI=1S/C16H13BrClN3O2/c1-8-5-10(6-14-15(22)20-16(23)19-14)9(2)21(8)11-3-4-12(17)13(18)7-11/h3-7H,1-2H3,(H2,19,20,22,23)/b14-6+. The maximum atomic E-state index is 11.7. The van der Waals surface area contributed by atoms with Gasteiger partial charge in [0.1, 0.15) is 5.70 Å². The van der Waals surface area contributed by atoms with Crippen molar-refractivity contribution in [2.45, 2.75) is 13.8 Å². The lowest BCUT2D eigenvalue weighted by Gasteiger charge is -2.10. The van der Waals surface area contributed by atoms with E-state index >= 15 is 0 Å². The number of rotatable bonds is 2. The third-order valence-electron chi connectivity index (χ3n) is 3.65. The van der Waals surface area contributed by atoms with Crippen LogP contribution in [0, 0.1) is 13.8 Å². The number of benzene rings is 1. The van der Waals surface area contributed by atoms with Gasteiger partial charge in [-0.05, 0) is 65.7 Å². The van der Waals surface area contributed by atoms with Crippen molar-refractivity contribution < 1.29 is 9.59 Å². The van der Waals surface area contributed by atoms with Gasteiger partial charge in [0.15, 0.2) is 0 Å². The van der Waals surface area contributed by atoms with Gasteiger partial charge in [-0.2, -0.15) is 0 Å². The van der Waals surface area contributed by atoms with Gasteiger partial charge in [-0.15, -0.1) is 0 Å². The predicted octanol–water partition coefficient (Wildman–Crippen LogP) is 3.69. The van der Waals surface area contributed by atoms with Crippen molar-refractivity contribution in [3.8, 4) is 5.69 Å². The zero-order valence-electron chi connectivity index (χ0n) is 12.4. The molecule has 0 aliphatic carbocycles. The number of nitrogens with zero attached hydrogens (tertiary/aromatic N) is 1. The molecule has 2 heterocycles. The minimum absolute atomic E-state index is 0.240. The second-order valence-corrected chi connectivity index (χ2v) is 6.49. The monoisotopic (exact) mass is 393 g/mol. The summed E-state index contributed by atoms with van der Waals surface area (Å²) in [5.41, 5.74) is 3.97. The molecule has 1 saturated heterocycles. The molecule has 1 fully saturated rings. The number of aryl methyl sites for hydroxylation is 1. The first-order chi connectivity index (χ1) is 10.9. The molecule has 0 spiro atoms. The van der Waals surface area contributed by atoms with Gasteiger partial charge in [0.2, 0.25) is 0 Å². The van der Waals surface area contributed by atoms with E-state index < -0.39 is 11.9 Å². The average Bonchev–Trinajstić information content (AvgIpc) is 2.93. The molecule has 2 N–H and O–H groups in total. The molecule has 1 aliphatic heterocycles. The fraction of sp³-hybridized carbons (Fsp3) is 0.125. The molecular weight excluding hydrogens is 382 g/mol. The number of carbonyl (C=O) groups is 2. The number of imide groups is 1. The Morgan fingerprint density at radius 1 is 1.17 bits per heavy atom. The molecule has 7 heteroatoms. The van der Waals surface area contributed by atoms with Gasteiger partial charge in [0, 0.05) is 21.5 Å². The first kappa shape index (κ1) is 15.8. The van der Waals surface area contributed by atoms with Crippen LogP contribution in [0.25, 0.3) is 11.8 Å². The second-order valence-electron chi connectivity index (χ2n) is 5.23. The lowest BCUT2D eigenvalue weighted by atomic mass is 10.2. The van der Waals surface area contributed by atoms with E-state index in [4.69, 9.17) is 11.6 Å². The van der Waals surface area contributed by atoms with Crippen LogP contribution in [0.3, 0.4) is 0 Å². The van der Waals surface area contributed by atoms with Gasteiger partial charge < -0.3 is 9.88 Å². The number of amides is 3. The summed E-state index contributed by atoms with van der Waals surface area (Å²) in [5.74, 6) is -0.425. The zero-order valence-corrected chi connectivity index (χ0v) is 14.7. The molecule has 0 radical (unpaired) electrons. The Morgan fingerprint density at radius 2 is 1.91 bits per heavy atom. The van der Waals surface area contributed by atoms with Crippen molar-refractivity contribution in [3.63, 3.8) is 0 Å². The molecule has 0 saturated carbocycles.